The van der Waals surface area contributed by atoms with Crippen molar-refractivity contribution < 1.29 is 0 Å². The highest BCUT2D eigenvalue weighted by molar-refractivity contribution is 6.35. The van der Waals surface area contributed by atoms with E-state index in [9.17, 15) is 0 Å². The van der Waals surface area contributed by atoms with Gasteiger partial charge in [0.15, 0.2) is 0 Å². The van der Waals surface area contributed by atoms with Gasteiger partial charge in [-0.15, -0.1) is 0 Å². The SMILES string of the molecule is CCN(CC)CCNCc1cn(Cc2ccc(Cl)cc2Cl)c2ccccc12. The number of nitrogens with zero attached hydrogens (tertiary/aromatic N) is 2. The van der Waals surface area contributed by atoms with Gasteiger partial charge in [0.2, 0.25) is 0 Å². The summed E-state index contributed by atoms with van der Waals surface area (Å²) in [5, 5.41) is 6.25. The fraction of sp³-hybridized carbons (Fsp3) is 0.364. The number of aromatic nitrogens is 1. The zero-order valence-electron chi connectivity index (χ0n) is 16.0. The van der Waals surface area contributed by atoms with Crippen molar-refractivity contribution >= 4 is 34.1 Å². The third-order valence-electron chi connectivity index (χ3n) is 5.04. The monoisotopic (exact) mass is 403 g/mol. The van der Waals surface area contributed by atoms with Crippen molar-refractivity contribution in [2.45, 2.75) is 26.9 Å². The molecule has 0 spiro atoms. The molecule has 3 aromatic rings. The summed E-state index contributed by atoms with van der Waals surface area (Å²) in [4.78, 5) is 2.43. The zero-order valence-corrected chi connectivity index (χ0v) is 17.5. The lowest BCUT2D eigenvalue weighted by Crippen LogP contribution is -2.31. The highest BCUT2D eigenvalue weighted by Crippen LogP contribution is 2.26. The summed E-state index contributed by atoms with van der Waals surface area (Å²) in [6.07, 6.45) is 2.24. The molecule has 0 aliphatic carbocycles. The van der Waals surface area contributed by atoms with Crippen molar-refractivity contribution in [3.8, 4) is 0 Å². The Balaban J connectivity index is 1.75. The first-order valence-electron chi connectivity index (χ1n) is 9.56. The molecule has 27 heavy (non-hydrogen) atoms. The molecular weight excluding hydrogens is 377 g/mol. The van der Waals surface area contributed by atoms with Crippen LogP contribution in [0.2, 0.25) is 10.0 Å². The van der Waals surface area contributed by atoms with Gasteiger partial charge in [0.1, 0.15) is 0 Å². The Morgan fingerprint density at radius 1 is 1.00 bits per heavy atom. The molecule has 0 saturated carbocycles. The summed E-state index contributed by atoms with van der Waals surface area (Å²) in [7, 11) is 0. The number of para-hydroxylation sites is 1. The molecule has 0 unspecified atom stereocenters. The predicted octanol–water partition coefficient (Wildman–Crippen LogP) is 5.43. The Hall–Kier alpha value is -1.52. The van der Waals surface area contributed by atoms with E-state index in [1.807, 2.05) is 12.1 Å². The van der Waals surface area contributed by atoms with Crippen molar-refractivity contribution in [2.24, 2.45) is 0 Å². The molecule has 0 atom stereocenters. The van der Waals surface area contributed by atoms with E-state index in [2.05, 4.69) is 59.1 Å². The second-order valence-corrected chi connectivity index (χ2v) is 7.58. The van der Waals surface area contributed by atoms with Gasteiger partial charge in [-0.05, 0) is 42.4 Å². The van der Waals surface area contributed by atoms with Crippen LogP contribution in [0.3, 0.4) is 0 Å². The average molecular weight is 404 g/mol. The third-order valence-corrected chi connectivity index (χ3v) is 5.63. The van der Waals surface area contributed by atoms with Gasteiger partial charge < -0.3 is 14.8 Å². The van der Waals surface area contributed by atoms with E-state index in [0.29, 0.717) is 10.0 Å². The van der Waals surface area contributed by atoms with Crippen LogP contribution in [0.4, 0.5) is 0 Å². The number of halogens is 2. The van der Waals surface area contributed by atoms with Gasteiger partial charge in [-0.1, -0.05) is 61.3 Å². The van der Waals surface area contributed by atoms with E-state index in [-0.39, 0.29) is 0 Å². The molecule has 0 saturated heterocycles. The molecule has 1 N–H and O–H groups in total. The molecule has 0 aliphatic heterocycles. The summed E-state index contributed by atoms with van der Waals surface area (Å²) in [6.45, 7) is 10.3. The number of fused-ring (bicyclic) bond motifs is 1. The van der Waals surface area contributed by atoms with E-state index in [1.165, 1.54) is 16.5 Å². The topological polar surface area (TPSA) is 20.2 Å². The second-order valence-electron chi connectivity index (χ2n) is 6.74. The molecular formula is C22H27Cl2N3. The van der Waals surface area contributed by atoms with E-state index >= 15 is 0 Å². The maximum absolute atomic E-state index is 6.38. The lowest BCUT2D eigenvalue weighted by atomic mass is 10.2. The molecule has 3 nitrogen and oxygen atoms in total. The van der Waals surface area contributed by atoms with Crippen molar-refractivity contribution in [1.29, 1.82) is 0 Å². The van der Waals surface area contributed by atoms with Crippen LogP contribution in [-0.2, 0) is 13.1 Å². The third kappa shape index (κ3) is 5.05. The zero-order chi connectivity index (χ0) is 19.2. The Morgan fingerprint density at radius 2 is 1.78 bits per heavy atom. The number of hydrogen-bond donors (Lipinski definition) is 1. The largest absolute Gasteiger partial charge is 0.343 e. The molecule has 0 amide bonds. The first-order chi connectivity index (χ1) is 13.1. The Morgan fingerprint density at radius 3 is 2.52 bits per heavy atom. The minimum Gasteiger partial charge on any atom is -0.343 e. The first-order valence-corrected chi connectivity index (χ1v) is 10.3. The molecule has 144 valence electrons. The molecule has 1 heterocycles. The van der Waals surface area contributed by atoms with E-state index in [0.717, 1.165) is 44.8 Å². The fourth-order valence-corrected chi connectivity index (χ4v) is 3.90. The van der Waals surface area contributed by atoms with Gasteiger partial charge in [0.05, 0.1) is 0 Å². The molecule has 0 aliphatic rings. The predicted molar refractivity (Wildman–Crippen MR) is 117 cm³/mol. The average Bonchev–Trinajstić information content (AvgIpc) is 3.02. The van der Waals surface area contributed by atoms with Crippen LogP contribution in [0, 0.1) is 0 Å². The highest BCUT2D eigenvalue weighted by atomic mass is 35.5. The Kier molecular flexibility index (Phi) is 7.20. The standard InChI is InChI=1S/C22H27Cl2N3/c1-3-26(4-2)12-11-25-14-18-16-27(22-8-6-5-7-20(18)22)15-17-9-10-19(23)13-21(17)24/h5-10,13,16,25H,3-4,11-12,14-15H2,1-2H3. The lowest BCUT2D eigenvalue weighted by Gasteiger charge is -2.17. The number of benzene rings is 2. The second kappa shape index (κ2) is 9.61. The van der Waals surface area contributed by atoms with Gasteiger partial charge in [0, 0.05) is 53.3 Å². The molecule has 0 radical (unpaired) electrons. The normalized spacial score (nSPS) is 11.6. The van der Waals surface area contributed by atoms with Crippen LogP contribution in [0.15, 0.2) is 48.7 Å². The lowest BCUT2D eigenvalue weighted by molar-refractivity contribution is 0.302. The van der Waals surface area contributed by atoms with Gasteiger partial charge in [0.25, 0.3) is 0 Å². The quantitative estimate of drug-likeness (QED) is 0.480. The summed E-state index contributed by atoms with van der Waals surface area (Å²) in [6, 6.07) is 14.2. The molecule has 3 rings (SSSR count). The van der Waals surface area contributed by atoms with Crippen LogP contribution in [0.5, 0.6) is 0 Å². The number of likely N-dealkylation sites (N-methyl/N-ethyl adjacent to an activating group) is 1. The number of rotatable bonds is 9. The van der Waals surface area contributed by atoms with Crippen LogP contribution in [-0.4, -0.2) is 35.6 Å². The molecule has 5 heteroatoms. The summed E-state index contributed by atoms with van der Waals surface area (Å²) in [5.74, 6) is 0. The summed E-state index contributed by atoms with van der Waals surface area (Å²) < 4.78 is 2.27. The van der Waals surface area contributed by atoms with Crippen molar-refractivity contribution in [3.05, 3.63) is 69.8 Å². The maximum atomic E-state index is 6.38. The van der Waals surface area contributed by atoms with E-state index < -0.39 is 0 Å². The van der Waals surface area contributed by atoms with Crippen LogP contribution >= 0.6 is 23.2 Å². The highest BCUT2D eigenvalue weighted by Gasteiger charge is 2.10. The van der Waals surface area contributed by atoms with Crippen LogP contribution in [0.25, 0.3) is 10.9 Å². The number of hydrogen-bond acceptors (Lipinski definition) is 2. The Bertz CT molecular complexity index is 884. The first kappa shape index (κ1) is 20.2. The molecule has 2 aromatic carbocycles. The summed E-state index contributed by atoms with van der Waals surface area (Å²) >= 11 is 12.4. The molecule has 1 aromatic heterocycles. The van der Waals surface area contributed by atoms with Crippen molar-refractivity contribution in [1.82, 2.24) is 14.8 Å². The number of nitrogens with one attached hydrogen (secondary N) is 1. The minimum absolute atomic E-state index is 0.666. The van der Waals surface area contributed by atoms with Gasteiger partial charge in [-0.25, -0.2) is 0 Å². The van der Waals surface area contributed by atoms with E-state index in [4.69, 9.17) is 23.2 Å². The smallest absolute Gasteiger partial charge is 0.0491 e. The van der Waals surface area contributed by atoms with Gasteiger partial charge >= 0.3 is 0 Å². The van der Waals surface area contributed by atoms with E-state index in [1.54, 1.807) is 6.07 Å². The van der Waals surface area contributed by atoms with Gasteiger partial charge in [-0.2, -0.15) is 0 Å². The summed E-state index contributed by atoms with van der Waals surface area (Å²) in [5.41, 5.74) is 3.61. The fourth-order valence-electron chi connectivity index (χ4n) is 3.43. The van der Waals surface area contributed by atoms with Crippen LogP contribution in [0.1, 0.15) is 25.0 Å². The minimum atomic E-state index is 0.666. The molecule has 0 bridgehead atoms. The van der Waals surface area contributed by atoms with Crippen LogP contribution < -0.4 is 5.32 Å². The van der Waals surface area contributed by atoms with Crippen molar-refractivity contribution in [3.63, 3.8) is 0 Å². The van der Waals surface area contributed by atoms with Gasteiger partial charge in [-0.3, -0.25) is 0 Å². The Labute approximate surface area is 171 Å². The maximum Gasteiger partial charge on any atom is 0.0491 e. The molecule has 0 fully saturated rings. The van der Waals surface area contributed by atoms with Crippen molar-refractivity contribution in [2.75, 3.05) is 26.2 Å².